The number of aliphatic hydroxyl groups is 2. The fourth-order valence-corrected chi connectivity index (χ4v) is 12.4. The topological polar surface area (TPSA) is 231 Å². The van der Waals surface area contributed by atoms with Gasteiger partial charge in [0.2, 0.25) is 0 Å². The summed E-state index contributed by atoms with van der Waals surface area (Å²) in [5, 5.41) is 20.6. The Hall–Kier alpha value is -4.05. The number of rotatable bonds is 77. The van der Waals surface area contributed by atoms with Crippen LogP contribution in [0.1, 0.15) is 342 Å². The zero-order valence-electron chi connectivity index (χ0n) is 65.0. The number of hydrogen-bond donors (Lipinski definition) is 4. The van der Waals surface area contributed by atoms with E-state index in [0.717, 1.165) is 141 Å². The molecule has 0 radical (unpaired) electrons. The van der Waals surface area contributed by atoms with Crippen molar-refractivity contribution in [3.63, 3.8) is 0 Å². The van der Waals surface area contributed by atoms with Crippen LogP contribution in [-0.2, 0) is 55.8 Å². The van der Waals surface area contributed by atoms with Gasteiger partial charge in [-0.05, 0) is 141 Å². The maximum absolute atomic E-state index is 13.0. The van der Waals surface area contributed by atoms with E-state index in [9.17, 15) is 43.5 Å². The summed E-state index contributed by atoms with van der Waals surface area (Å²) in [6, 6.07) is 0. The molecule has 16 nitrogen and oxygen atoms in total. The van der Waals surface area contributed by atoms with Crippen molar-refractivity contribution in [3.05, 3.63) is 122 Å². The Labute approximate surface area is 627 Å². The molecule has 0 heterocycles. The van der Waals surface area contributed by atoms with Gasteiger partial charge in [-0.15, -0.1) is 0 Å². The summed E-state index contributed by atoms with van der Waals surface area (Å²) in [6.07, 6.45) is 92.4. The number of phosphoric acid groups is 2. The fourth-order valence-electron chi connectivity index (χ4n) is 10.9. The largest absolute Gasteiger partial charge is 0.472 e. The van der Waals surface area contributed by atoms with E-state index in [4.69, 9.17) is 32.3 Å². The Bertz CT molecular complexity index is 2360. The number of ether oxygens (including phenoxy) is 3. The quantitative estimate of drug-likeness (QED) is 0.0146. The van der Waals surface area contributed by atoms with Gasteiger partial charge in [-0.1, -0.05) is 303 Å². The number of unbranched alkanes of at least 4 members (excludes halogenated alkanes) is 34. The van der Waals surface area contributed by atoms with Gasteiger partial charge in [-0.2, -0.15) is 0 Å². The molecule has 0 aromatic rings. The van der Waals surface area contributed by atoms with E-state index in [1.165, 1.54) is 141 Å². The first-order valence-corrected chi connectivity index (χ1v) is 43.8. The predicted octanol–water partition coefficient (Wildman–Crippen LogP) is 24.1. The SMILES string of the molecule is CCCCC/C=C\C/C=C\C/C=C\C/C=C\CCCCCCCCCCCCCC(=O)OCC(O)COP(=O)(O)OCC(O)COP(=O)(O)OCC(COC(=O)CCCCCCCCCCC/C=C\C/C=C\C/C=C\C/C=C\CCCCC)OC(=O)CCCCCCC/C=C\C/C=C\CCCCC. The second-order valence-electron chi connectivity index (χ2n) is 27.2. The molecule has 0 aliphatic carbocycles. The molecule has 0 amide bonds. The van der Waals surface area contributed by atoms with E-state index < -0.39 is 91.5 Å². The molecule has 0 saturated heterocycles. The minimum Gasteiger partial charge on any atom is -0.463 e. The molecule has 18 heteroatoms. The molecule has 0 aliphatic heterocycles. The molecule has 0 aromatic carbocycles. The van der Waals surface area contributed by atoms with Gasteiger partial charge in [-0.25, -0.2) is 9.13 Å². The number of hydrogen-bond acceptors (Lipinski definition) is 14. The Kier molecular flexibility index (Phi) is 74.5. The van der Waals surface area contributed by atoms with E-state index in [0.29, 0.717) is 19.3 Å². The smallest absolute Gasteiger partial charge is 0.463 e. The number of allylic oxidation sites excluding steroid dienone is 20. The van der Waals surface area contributed by atoms with Crippen LogP contribution in [-0.4, -0.2) is 95.9 Å². The predicted molar refractivity (Wildman–Crippen MR) is 427 cm³/mol. The molecule has 0 bridgehead atoms. The molecule has 4 N–H and O–H groups in total. The molecule has 5 unspecified atom stereocenters. The highest BCUT2D eigenvalue weighted by molar-refractivity contribution is 7.47. The van der Waals surface area contributed by atoms with Crippen molar-refractivity contribution >= 4 is 33.6 Å². The summed E-state index contributed by atoms with van der Waals surface area (Å²) in [5.74, 6) is -1.59. The van der Waals surface area contributed by atoms with Crippen LogP contribution in [0, 0.1) is 0 Å². The van der Waals surface area contributed by atoms with Crippen LogP contribution in [0.15, 0.2) is 122 Å². The van der Waals surface area contributed by atoms with Crippen LogP contribution in [0.4, 0.5) is 0 Å². The highest BCUT2D eigenvalue weighted by Crippen LogP contribution is 2.45. The van der Waals surface area contributed by atoms with Crippen LogP contribution < -0.4 is 0 Å². The third-order valence-electron chi connectivity index (χ3n) is 17.1. The van der Waals surface area contributed by atoms with Crippen molar-refractivity contribution in [2.45, 2.75) is 360 Å². The highest BCUT2D eigenvalue weighted by atomic mass is 31.2. The van der Waals surface area contributed by atoms with Gasteiger partial charge in [0.15, 0.2) is 6.10 Å². The second-order valence-corrected chi connectivity index (χ2v) is 30.1. The Balaban J connectivity index is 4.57. The maximum atomic E-state index is 13.0. The summed E-state index contributed by atoms with van der Waals surface area (Å²) in [7, 11) is -9.80. The van der Waals surface area contributed by atoms with Crippen LogP contribution in [0.25, 0.3) is 0 Å². The van der Waals surface area contributed by atoms with Gasteiger partial charge < -0.3 is 34.2 Å². The van der Waals surface area contributed by atoms with E-state index in [1.54, 1.807) is 0 Å². The Morgan fingerprint density at radius 2 is 0.485 bits per heavy atom. The first-order chi connectivity index (χ1) is 50.2. The molecule has 0 aliphatic rings. The third kappa shape index (κ3) is 78.8. The number of carbonyl (C=O) groups is 3. The Morgan fingerprint density at radius 3 is 0.767 bits per heavy atom. The van der Waals surface area contributed by atoms with Crippen molar-refractivity contribution in [2.24, 2.45) is 0 Å². The molecular weight excluding hydrogens is 1340 g/mol. The zero-order chi connectivity index (χ0) is 75.2. The molecule has 594 valence electrons. The monoisotopic (exact) mass is 1490 g/mol. The minimum atomic E-state index is -4.94. The fraction of sp³-hybridized carbons (Fsp3) is 0.729. The normalized spacial score (nSPS) is 14.6. The summed E-state index contributed by atoms with van der Waals surface area (Å²) in [6.45, 7) is 2.60. The lowest BCUT2D eigenvalue weighted by Crippen LogP contribution is -2.30. The highest BCUT2D eigenvalue weighted by Gasteiger charge is 2.29. The Morgan fingerprint density at radius 1 is 0.272 bits per heavy atom. The number of esters is 3. The van der Waals surface area contributed by atoms with Gasteiger partial charge >= 0.3 is 33.6 Å². The van der Waals surface area contributed by atoms with Crippen LogP contribution >= 0.6 is 15.6 Å². The van der Waals surface area contributed by atoms with Gasteiger partial charge in [-0.3, -0.25) is 32.5 Å². The third-order valence-corrected chi connectivity index (χ3v) is 19.0. The number of aliphatic hydroxyl groups excluding tert-OH is 2. The van der Waals surface area contributed by atoms with Gasteiger partial charge in [0.25, 0.3) is 0 Å². The lowest BCUT2D eigenvalue weighted by Gasteiger charge is -2.21. The van der Waals surface area contributed by atoms with Crippen molar-refractivity contribution in [3.8, 4) is 0 Å². The van der Waals surface area contributed by atoms with E-state index >= 15 is 0 Å². The molecular formula is C85H148O16P2. The van der Waals surface area contributed by atoms with Gasteiger partial charge in [0.05, 0.1) is 26.4 Å². The lowest BCUT2D eigenvalue weighted by atomic mass is 10.0. The van der Waals surface area contributed by atoms with Gasteiger partial charge in [0, 0.05) is 19.3 Å². The van der Waals surface area contributed by atoms with Crippen LogP contribution in [0.2, 0.25) is 0 Å². The van der Waals surface area contributed by atoms with Crippen molar-refractivity contribution in [1.29, 1.82) is 0 Å². The van der Waals surface area contributed by atoms with Crippen molar-refractivity contribution in [1.82, 2.24) is 0 Å². The van der Waals surface area contributed by atoms with Crippen LogP contribution in [0.3, 0.4) is 0 Å². The molecule has 5 atom stereocenters. The minimum absolute atomic E-state index is 0.0856. The van der Waals surface area contributed by atoms with Crippen molar-refractivity contribution in [2.75, 3.05) is 39.6 Å². The average Bonchev–Trinajstić information content (AvgIpc) is 0.922. The lowest BCUT2D eigenvalue weighted by molar-refractivity contribution is -0.161. The summed E-state index contributed by atoms with van der Waals surface area (Å²) in [4.78, 5) is 58.7. The maximum Gasteiger partial charge on any atom is 0.472 e. The summed E-state index contributed by atoms with van der Waals surface area (Å²) in [5.41, 5.74) is 0. The molecule has 0 fully saturated rings. The van der Waals surface area contributed by atoms with Gasteiger partial charge in [0.1, 0.15) is 25.4 Å². The second kappa shape index (κ2) is 77.6. The number of carbonyl (C=O) groups excluding carboxylic acids is 3. The average molecular weight is 1490 g/mol. The molecule has 0 rings (SSSR count). The van der Waals surface area contributed by atoms with E-state index in [-0.39, 0.29) is 19.3 Å². The molecule has 0 spiro atoms. The number of phosphoric ester groups is 2. The standard InChI is InChI=1S/C85H148O16P2/c1-4-7-10-13-16-19-22-25-28-30-32-34-36-38-39-41-43-44-46-48-51-53-56-59-62-65-68-71-83(88)95-74-80(86)75-97-102(91,92)98-76-81(87)77-99-103(93,94)100-79-82(101-85(90)73-70-67-64-61-58-55-50-27-24-21-18-15-12-9-6-3)78-96-84(89)72-69-66-63-60-57-54-52-49-47-45-42-40-37-35-33-31-29-26-23-20-17-14-11-8-5-2/h16-21,25-29,32-35,38-40,42,50,80-82,86-87H,4-15,22-24,30-31,36-37,41,43-49,51-79H2,1-3H3,(H,91,92)(H,93,94)/b19-16-,20-17-,21-18-,28-25-,29-26-,34-32-,35-33-,39-38-,42-40-,50-27-. The van der Waals surface area contributed by atoms with E-state index in [1.807, 2.05) is 0 Å². The molecule has 0 saturated carbocycles. The molecule has 103 heavy (non-hydrogen) atoms. The summed E-state index contributed by atoms with van der Waals surface area (Å²) < 4.78 is 61.2. The summed E-state index contributed by atoms with van der Waals surface area (Å²) >= 11 is 0. The first-order valence-electron chi connectivity index (χ1n) is 40.8. The first kappa shape index (κ1) is 98.9. The van der Waals surface area contributed by atoms with E-state index in [2.05, 4.69) is 142 Å². The zero-order valence-corrected chi connectivity index (χ0v) is 66.7. The van der Waals surface area contributed by atoms with Crippen molar-refractivity contribution < 1.29 is 75.8 Å². The molecule has 0 aromatic heterocycles. The van der Waals surface area contributed by atoms with Crippen LogP contribution in [0.5, 0.6) is 0 Å².